The van der Waals surface area contributed by atoms with Gasteiger partial charge in [0, 0.05) is 6.08 Å². The summed E-state index contributed by atoms with van der Waals surface area (Å²) in [6.45, 7) is 1.49. The van der Waals surface area contributed by atoms with E-state index in [2.05, 4.69) is 8.92 Å². The van der Waals surface area contributed by atoms with E-state index >= 15 is 0 Å². The van der Waals surface area contributed by atoms with E-state index in [-0.39, 0.29) is 16.9 Å². The minimum Gasteiger partial charge on any atom is -0.486 e. The van der Waals surface area contributed by atoms with Gasteiger partial charge in [-0.15, -0.1) is 0 Å². The lowest BCUT2D eigenvalue weighted by atomic mass is 10.0. The summed E-state index contributed by atoms with van der Waals surface area (Å²) in [6.07, 6.45) is 0.345. The highest BCUT2D eigenvalue weighted by atomic mass is 32.2. The van der Waals surface area contributed by atoms with Gasteiger partial charge >= 0.3 is 21.6 Å². The van der Waals surface area contributed by atoms with Crippen molar-refractivity contribution in [2.45, 2.75) is 18.5 Å². The molecule has 0 unspecified atom stereocenters. The molecule has 1 aromatic rings. The standard InChI is InChI=1S/C13H11F3O6S/c1-7-5-11(22-23(18,19)13(14,15)16)9-6-8(12(17)20-2)3-4-10(9)21-7/h3-7H,1-2H3/t7-/m0/s1. The number of carbonyl (C=O) groups excluding carboxylic acids is 1. The number of ether oxygens (including phenoxy) is 2. The van der Waals surface area contributed by atoms with Gasteiger partial charge in [-0.2, -0.15) is 21.6 Å². The van der Waals surface area contributed by atoms with Gasteiger partial charge < -0.3 is 13.7 Å². The SMILES string of the molecule is COC(=O)c1ccc2c(c1)C(OS(=O)(=O)C(F)(F)F)=C[C@H](C)O2. The lowest BCUT2D eigenvalue weighted by Crippen LogP contribution is -2.26. The van der Waals surface area contributed by atoms with E-state index in [1.54, 1.807) is 0 Å². The molecule has 1 aliphatic rings. The summed E-state index contributed by atoms with van der Waals surface area (Å²) >= 11 is 0. The molecule has 1 aliphatic heterocycles. The number of fused-ring (bicyclic) bond motifs is 1. The number of hydrogen-bond donors (Lipinski definition) is 0. The largest absolute Gasteiger partial charge is 0.534 e. The lowest BCUT2D eigenvalue weighted by Gasteiger charge is -2.23. The van der Waals surface area contributed by atoms with E-state index < -0.39 is 33.5 Å². The van der Waals surface area contributed by atoms with E-state index in [0.29, 0.717) is 0 Å². The molecule has 0 bridgehead atoms. The number of alkyl halides is 3. The zero-order valence-corrected chi connectivity index (χ0v) is 12.7. The summed E-state index contributed by atoms with van der Waals surface area (Å²) in [5, 5.41) is 0. The Hall–Kier alpha value is -2.23. The van der Waals surface area contributed by atoms with Crippen LogP contribution in [0.25, 0.3) is 5.76 Å². The summed E-state index contributed by atoms with van der Waals surface area (Å²) < 4.78 is 73.8. The summed E-state index contributed by atoms with van der Waals surface area (Å²) in [7, 11) is -4.72. The van der Waals surface area contributed by atoms with Crippen molar-refractivity contribution >= 4 is 21.8 Å². The van der Waals surface area contributed by atoms with Gasteiger partial charge in [0.2, 0.25) is 0 Å². The molecule has 0 aliphatic carbocycles. The average molecular weight is 352 g/mol. The van der Waals surface area contributed by atoms with Gasteiger partial charge in [0.05, 0.1) is 18.2 Å². The zero-order chi connectivity index (χ0) is 17.4. The van der Waals surface area contributed by atoms with Gasteiger partial charge in [-0.3, -0.25) is 0 Å². The smallest absolute Gasteiger partial charge is 0.486 e. The third-order valence-corrected chi connectivity index (χ3v) is 3.81. The second-order valence-electron chi connectivity index (χ2n) is 4.54. The Morgan fingerprint density at radius 2 is 1.96 bits per heavy atom. The van der Waals surface area contributed by atoms with E-state index in [9.17, 15) is 26.4 Å². The number of carbonyl (C=O) groups is 1. The van der Waals surface area contributed by atoms with Crippen molar-refractivity contribution in [3.8, 4) is 5.75 Å². The van der Waals surface area contributed by atoms with Crippen molar-refractivity contribution < 1.29 is 40.0 Å². The maximum atomic E-state index is 12.5. The first-order valence-electron chi connectivity index (χ1n) is 6.17. The predicted octanol–water partition coefficient (Wildman–Crippen LogP) is 2.46. The molecule has 0 saturated carbocycles. The van der Waals surface area contributed by atoms with Crippen molar-refractivity contribution in [2.24, 2.45) is 0 Å². The van der Waals surface area contributed by atoms with E-state index in [1.165, 1.54) is 19.1 Å². The molecule has 0 aromatic heterocycles. The van der Waals surface area contributed by atoms with Crippen LogP contribution in [0.4, 0.5) is 13.2 Å². The molecule has 2 rings (SSSR count). The highest BCUT2D eigenvalue weighted by Gasteiger charge is 2.49. The van der Waals surface area contributed by atoms with E-state index in [1.807, 2.05) is 0 Å². The molecule has 0 N–H and O–H groups in total. The molecule has 126 valence electrons. The maximum absolute atomic E-state index is 12.5. The van der Waals surface area contributed by atoms with Crippen molar-refractivity contribution in [3.05, 3.63) is 35.4 Å². The maximum Gasteiger partial charge on any atom is 0.534 e. The molecule has 1 atom stereocenters. The van der Waals surface area contributed by atoms with Gasteiger partial charge in [0.1, 0.15) is 11.9 Å². The van der Waals surface area contributed by atoms with E-state index in [0.717, 1.165) is 19.3 Å². The number of benzene rings is 1. The molecule has 1 heterocycles. The first-order valence-corrected chi connectivity index (χ1v) is 7.58. The summed E-state index contributed by atoms with van der Waals surface area (Å²) in [5.74, 6) is -1.23. The van der Waals surface area contributed by atoms with Crippen LogP contribution in [-0.2, 0) is 19.0 Å². The van der Waals surface area contributed by atoms with Crippen molar-refractivity contribution in [3.63, 3.8) is 0 Å². The topological polar surface area (TPSA) is 78.9 Å². The Bertz CT molecular complexity index is 766. The molecular formula is C13H11F3O6S. The van der Waals surface area contributed by atoms with Crippen LogP contribution in [0.1, 0.15) is 22.8 Å². The van der Waals surface area contributed by atoms with Crippen LogP contribution >= 0.6 is 0 Å². The number of rotatable bonds is 3. The molecule has 23 heavy (non-hydrogen) atoms. The first-order chi connectivity index (χ1) is 10.5. The van der Waals surface area contributed by atoms with Crippen LogP contribution in [0, 0.1) is 0 Å². The summed E-state index contributed by atoms with van der Waals surface area (Å²) in [5.41, 5.74) is -5.67. The molecule has 6 nitrogen and oxygen atoms in total. The Morgan fingerprint density at radius 1 is 1.30 bits per heavy atom. The Labute approximate surface area is 129 Å². The monoisotopic (exact) mass is 352 g/mol. The summed E-state index contributed by atoms with van der Waals surface area (Å²) in [6, 6.07) is 3.78. The average Bonchev–Trinajstić information content (AvgIpc) is 2.44. The molecule has 0 saturated heterocycles. The molecule has 10 heteroatoms. The van der Waals surface area contributed by atoms with Crippen LogP contribution in [-0.4, -0.2) is 33.1 Å². The summed E-state index contributed by atoms with van der Waals surface area (Å²) in [4.78, 5) is 11.5. The third kappa shape index (κ3) is 3.41. The highest BCUT2D eigenvalue weighted by Crippen LogP contribution is 2.37. The predicted molar refractivity (Wildman–Crippen MR) is 71.9 cm³/mol. The zero-order valence-electron chi connectivity index (χ0n) is 11.9. The number of methoxy groups -OCH3 is 1. The lowest BCUT2D eigenvalue weighted by molar-refractivity contribution is -0.0510. The number of hydrogen-bond acceptors (Lipinski definition) is 6. The Morgan fingerprint density at radius 3 is 2.52 bits per heavy atom. The fourth-order valence-electron chi connectivity index (χ4n) is 1.85. The minimum absolute atomic E-state index is 0.00306. The van der Waals surface area contributed by atoms with Crippen LogP contribution < -0.4 is 4.74 Å². The third-order valence-electron chi connectivity index (χ3n) is 2.85. The quantitative estimate of drug-likeness (QED) is 0.472. The van der Waals surface area contributed by atoms with Gasteiger partial charge in [-0.25, -0.2) is 4.79 Å². The fraction of sp³-hybridized carbons (Fsp3) is 0.308. The molecule has 1 aromatic carbocycles. The molecular weight excluding hydrogens is 341 g/mol. The van der Waals surface area contributed by atoms with Crippen LogP contribution in [0.3, 0.4) is 0 Å². The Balaban J connectivity index is 2.48. The van der Waals surface area contributed by atoms with Crippen LogP contribution in [0.15, 0.2) is 24.3 Å². The van der Waals surface area contributed by atoms with Crippen LogP contribution in [0.5, 0.6) is 5.75 Å². The normalized spacial score (nSPS) is 17.6. The van der Waals surface area contributed by atoms with Crippen molar-refractivity contribution in [1.29, 1.82) is 0 Å². The van der Waals surface area contributed by atoms with Gasteiger partial charge in [0.25, 0.3) is 0 Å². The second-order valence-corrected chi connectivity index (χ2v) is 6.08. The molecule has 0 spiro atoms. The fourth-order valence-corrected chi connectivity index (χ4v) is 2.32. The number of esters is 1. The van der Waals surface area contributed by atoms with Crippen molar-refractivity contribution in [2.75, 3.05) is 7.11 Å². The first kappa shape index (κ1) is 17.1. The second kappa shape index (κ2) is 5.76. The number of halogens is 3. The molecule has 0 amide bonds. The van der Waals surface area contributed by atoms with Gasteiger partial charge in [0.15, 0.2) is 5.76 Å². The van der Waals surface area contributed by atoms with Gasteiger partial charge in [-0.05, 0) is 25.1 Å². The van der Waals surface area contributed by atoms with Crippen molar-refractivity contribution in [1.82, 2.24) is 0 Å². The molecule has 0 radical (unpaired) electrons. The minimum atomic E-state index is -5.84. The van der Waals surface area contributed by atoms with Gasteiger partial charge in [-0.1, -0.05) is 0 Å². The Kier molecular flexibility index (Phi) is 4.29. The molecule has 0 fully saturated rings. The highest BCUT2D eigenvalue weighted by molar-refractivity contribution is 7.87. The van der Waals surface area contributed by atoms with Crippen LogP contribution in [0.2, 0.25) is 0 Å². The van der Waals surface area contributed by atoms with E-state index in [4.69, 9.17) is 4.74 Å².